The fourth-order valence-corrected chi connectivity index (χ4v) is 1.80. The van der Waals surface area contributed by atoms with E-state index in [2.05, 4.69) is 10.6 Å². The molecule has 1 aromatic carbocycles. The number of carbonyl (C=O) groups excluding carboxylic acids is 2. The van der Waals surface area contributed by atoms with E-state index >= 15 is 0 Å². The topological polar surface area (TPSA) is 58.2 Å². The van der Waals surface area contributed by atoms with Crippen LogP contribution in [0.4, 0.5) is 8.78 Å². The molecule has 0 aliphatic heterocycles. The van der Waals surface area contributed by atoms with Crippen LogP contribution in [0.3, 0.4) is 0 Å². The van der Waals surface area contributed by atoms with E-state index in [4.69, 9.17) is 0 Å². The van der Waals surface area contributed by atoms with Gasteiger partial charge in [0.25, 0.3) is 0 Å². The molecular formula is C11H12F2N2O2S. The van der Waals surface area contributed by atoms with Gasteiger partial charge in [0.15, 0.2) is 0 Å². The second-order valence-corrected chi connectivity index (χ2v) is 4.33. The minimum Gasteiger partial charge on any atom is -0.358 e. The number of rotatable bonds is 5. The van der Waals surface area contributed by atoms with Gasteiger partial charge >= 0.3 is 0 Å². The molecule has 0 saturated carbocycles. The first kappa shape index (κ1) is 14.4. The highest BCUT2D eigenvalue weighted by Crippen LogP contribution is 2.21. The minimum absolute atomic E-state index is 0.0421. The van der Waals surface area contributed by atoms with Gasteiger partial charge < -0.3 is 10.6 Å². The van der Waals surface area contributed by atoms with Crippen LogP contribution in [0.15, 0.2) is 23.1 Å². The predicted molar refractivity (Wildman–Crippen MR) is 64.2 cm³/mol. The number of hydrogen-bond donors (Lipinski definition) is 2. The first-order valence-electron chi connectivity index (χ1n) is 5.08. The number of likely N-dealkylation sites (N-methyl/N-ethyl adjacent to an activating group) is 1. The molecule has 1 rings (SSSR count). The number of amides is 2. The van der Waals surface area contributed by atoms with E-state index in [-0.39, 0.29) is 23.1 Å². The molecule has 0 spiro atoms. The maximum Gasteiger partial charge on any atom is 0.239 e. The lowest BCUT2D eigenvalue weighted by molar-refractivity contribution is -0.124. The van der Waals surface area contributed by atoms with Crippen molar-refractivity contribution in [3.05, 3.63) is 29.8 Å². The summed E-state index contributed by atoms with van der Waals surface area (Å²) in [4.78, 5) is 22.3. The maximum atomic E-state index is 13.2. The van der Waals surface area contributed by atoms with Crippen LogP contribution in [0.5, 0.6) is 0 Å². The molecule has 98 valence electrons. The van der Waals surface area contributed by atoms with Crippen molar-refractivity contribution in [2.45, 2.75) is 4.90 Å². The molecule has 2 amide bonds. The lowest BCUT2D eigenvalue weighted by Crippen LogP contribution is -2.36. The van der Waals surface area contributed by atoms with Crippen LogP contribution in [0.25, 0.3) is 0 Å². The molecule has 2 N–H and O–H groups in total. The third kappa shape index (κ3) is 4.70. The van der Waals surface area contributed by atoms with Crippen molar-refractivity contribution in [1.29, 1.82) is 0 Å². The molecule has 18 heavy (non-hydrogen) atoms. The number of hydrogen-bond acceptors (Lipinski definition) is 3. The largest absolute Gasteiger partial charge is 0.358 e. The maximum absolute atomic E-state index is 13.2. The van der Waals surface area contributed by atoms with Crippen LogP contribution in [-0.4, -0.2) is 31.2 Å². The molecule has 0 aliphatic rings. The summed E-state index contributed by atoms with van der Waals surface area (Å²) in [7, 11) is 1.46. The Kier molecular flexibility index (Phi) is 5.57. The van der Waals surface area contributed by atoms with Crippen LogP contribution < -0.4 is 10.6 Å². The van der Waals surface area contributed by atoms with Gasteiger partial charge in [0.05, 0.1) is 12.3 Å². The van der Waals surface area contributed by atoms with Gasteiger partial charge in [0, 0.05) is 18.0 Å². The molecule has 0 saturated heterocycles. The fraction of sp³-hybridized carbons (Fsp3) is 0.273. The van der Waals surface area contributed by atoms with Gasteiger partial charge in [0.2, 0.25) is 11.8 Å². The number of carbonyl (C=O) groups is 2. The number of halogens is 2. The smallest absolute Gasteiger partial charge is 0.239 e. The molecule has 0 heterocycles. The average molecular weight is 274 g/mol. The first-order chi connectivity index (χ1) is 8.52. The van der Waals surface area contributed by atoms with Crippen molar-refractivity contribution < 1.29 is 18.4 Å². The van der Waals surface area contributed by atoms with Crippen molar-refractivity contribution in [2.24, 2.45) is 0 Å². The van der Waals surface area contributed by atoms with Gasteiger partial charge in [-0.25, -0.2) is 8.78 Å². The van der Waals surface area contributed by atoms with E-state index in [0.717, 1.165) is 23.9 Å². The zero-order valence-corrected chi connectivity index (χ0v) is 10.4. The van der Waals surface area contributed by atoms with E-state index in [9.17, 15) is 18.4 Å². The molecule has 0 atom stereocenters. The normalized spacial score (nSPS) is 9.94. The Labute approximate surface area is 107 Å². The van der Waals surface area contributed by atoms with Gasteiger partial charge in [-0.05, 0) is 12.1 Å². The third-order valence-electron chi connectivity index (χ3n) is 1.98. The summed E-state index contributed by atoms with van der Waals surface area (Å²) in [6.45, 7) is -0.123. The van der Waals surface area contributed by atoms with Crippen molar-refractivity contribution in [3.63, 3.8) is 0 Å². The first-order valence-corrected chi connectivity index (χ1v) is 6.06. The van der Waals surface area contributed by atoms with Crippen molar-refractivity contribution in [2.75, 3.05) is 19.3 Å². The molecule has 7 heteroatoms. The van der Waals surface area contributed by atoms with E-state index < -0.39 is 17.5 Å². The highest BCUT2D eigenvalue weighted by atomic mass is 32.2. The lowest BCUT2D eigenvalue weighted by atomic mass is 10.3. The quantitative estimate of drug-likeness (QED) is 0.785. The Morgan fingerprint density at radius 2 is 2.00 bits per heavy atom. The average Bonchev–Trinajstić information content (AvgIpc) is 2.34. The van der Waals surface area contributed by atoms with Crippen molar-refractivity contribution >= 4 is 23.6 Å². The van der Waals surface area contributed by atoms with Crippen molar-refractivity contribution in [1.82, 2.24) is 10.6 Å². The molecule has 0 bridgehead atoms. The van der Waals surface area contributed by atoms with Crippen LogP contribution in [0.2, 0.25) is 0 Å². The number of benzene rings is 1. The van der Waals surface area contributed by atoms with Crippen LogP contribution in [-0.2, 0) is 9.59 Å². The highest BCUT2D eigenvalue weighted by molar-refractivity contribution is 8.00. The zero-order chi connectivity index (χ0) is 13.5. The Hall–Kier alpha value is -1.63. The highest BCUT2D eigenvalue weighted by Gasteiger charge is 2.08. The lowest BCUT2D eigenvalue weighted by Gasteiger charge is -2.05. The molecule has 0 aromatic heterocycles. The molecular weight excluding hydrogens is 262 g/mol. The van der Waals surface area contributed by atoms with Crippen LogP contribution in [0, 0.1) is 11.6 Å². The standard InChI is InChI=1S/C11H12F2N2O2S/c1-14-10(16)5-15-11(17)6-18-9-3-2-7(12)4-8(9)13/h2-4H,5-6H2,1H3,(H,14,16)(H,15,17). The summed E-state index contributed by atoms with van der Waals surface area (Å²) in [5.41, 5.74) is 0. The van der Waals surface area contributed by atoms with E-state index in [1.54, 1.807) is 0 Å². The van der Waals surface area contributed by atoms with Gasteiger partial charge in [-0.3, -0.25) is 9.59 Å². The summed E-state index contributed by atoms with van der Waals surface area (Å²) >= 11 is 0.938. The third-order valence-corrected chi connectivity index (χ3v) is 3.03. The Morgan fingerprint density at radius 1 is 1.28 bits per heavy atom. The second kappa shape index (κ2) is 6.95. The molecule has 4 nitrogen and oxygen atoms in total. The molecule has 0 fully saturated rings. The summed E-state index contributed by atoms with van der Waals surface area (Å²) in [5.74, 6) is -2.13. The molecule has 0 radical (unpaired) electrons. The Bertz CT molecular complexity index is 455. The van der Waals surface area contributed by atoms with E-state index in [1.165, 1.54) is 13.1 Å². The van der Waals surface area contributed by atoms with Gasteiger partial charge in [-0.15, -0.1) is 11.8 Å². The number of nitrogens with one attached hydrogen (secondary N) is 2. The van der Waals surface area contributed by atoms with Gasteiger partial charge in [0.1, 0.15) is 11.6 Å². The molecule has 0 unspecified atom stereocenters. The van der Waals surface area contributed by atoms with E-state index in [0.29, 0.717) is 0 Å². The Morgan fingerprint density at radius 3 is 2.61 bits per heavy atom. The predicted octanol–water partition coefficient (Wildman–Crippen LogP) is 0.919. The summed E-state index contributed by atoms with van der Waals surface area (Å²) in [6, 6.07) is 3.14. The second-order valence-electron chi connectivity index (χ2n) is 3.31. The fourth-order valence-electron chi connectivity index (χ4n) is 1.05. The summed E-state index contributed by atoms with van der Waals surface area (Å²) < 4.78 is 25.8. The summed E-state index contributed by atoms with van der Waals surface area (Å²) in [5, 5.41) is 4.71. The number of thioether (sulfide) groups is 1. The monoisotopic (exact) mass is 274 g/mol. The summed E-state index contributed by atoms with van der Waals surface area (Å²) in [6.07, 6.45) is 0. The van der Waals surface area contributed by atoms with Gasteiger partial charge in [-0.1, -0.05) is 0 Å². The van der Waals surface area contributed by atoms with Crippen LogP contribution in [0.1, 0.15) is 0 Å². The minimum atomic E-state index is -0.709. The Balaban J connectivity index is 2.40. The zero-order valence-electron chi connectivity index (χ0n) is 9.63. The SMILES string of the molecule is CNC(=O)CNC(=O)CSc1ccc(F)cc1F. The van der Waals surface area contributed by atoms with Gasteiger partial charge in [-0.2, -0.15) is 0 Å². The molecule has 0 aliphatic carbocycles. The molecule has 1 aromatic rings. The van der Waals surface area contributed by atoms with Crippen LogP contribution >= 0.6 is 11.8 Å². The van der Waals surface area contributed by atoms with E-state index in [1.807, 2.05) is 0 Å². The van der Waals surface area contributed by atoms with Crippen molar-refractivity contribution in [3.8, 4) is 0 Å².